The molecule has 0 bridgehead atoms. The molecule has 12 heteroatoms. The maximum Gasteiger partial charge on any atom is 0.307 e. The fourth-order valence-electron chi connectivity index (χ4n) is 2.87. The molecule has 7 N–H and O–H groups in total. The highest BCUT2D eigenvalue weighted by atomic mass is 16.7. The predicted octanol–water partition coefficient (Wildman–Crippen LogP) is -4.44. The Morgan fingerprint density at radius 1 is 0.815 bits per heavy atom. The van der Waals surface area contributed by atoms with Gasteiger partial charge in [0.15, 0.2) is 6.29 Å². The van der Waals surface area contributed by atoms with E-state index in [1.165, 1.54) is 6.92 Å². The van der Waals surface area contributed by atoms with Gasteiger partial charge in [-0.15, -0.1) is 0 Å². The quantitative estimate of drug-likeness (QED) is 0.212. The lowest BCUT2D eigenvalue weighted by Crippen LogP contribution is -2.64. The van der Waals surface area contributed by atoms with E-state index in [-0.39, 0.29) is 6.42 Å². The number of rotatable bonds is 6. The van der Waals surface area contributed by atoms with Crippen molar-refractivity contribution >= 4 is 5.97 Å². The van der Waals surface area contributed by atoms with Crippen LogP contribution in [0.25, 0.3) is 0 Å². The molecular weight excluding hydrogens is 372 g/mol. The molecule has 2 saturated heterocycles. The average molecular weight is 398 g/mol. The molecule has 2 aliphatic rings. The number of ether oxygens (including phenoxy) is 4. The summed E-state index contributed by atoms with van der Waals surface area (Å²) in [7, 11) is 0. The van der Waals surface area contributed by atoms with Crippen LogP contribution in [-0.4, -0.2) is 116 Å². The maximum atomic E-state index is 11.4. The Balaban J connectivity index is 2.11. The van der Waals surface area contributed by atoms with E-state index in [4.69, 9.17) is 18.9 Å². The standard InChI is InChI=1S/C15H26O12/c1-2-7(18)26-14-12(23)10(21)13(6(4-17)25-14)27-15-11(22)9(20)8(19)5(3-16)24-15/h5-6,8-17,19-23H,2-4H2,1H3/t5-,6-,8-,9+,10-,11-,12-,13-,14+,15-/m1/s1. The first-order valence-electron chi connectivity index (χ1n) is 8.53. The summed E-state index contributed by atoms with van der Waals surface area (Å²) in [4.78, 5) is 11.4. The van der Waals surface area contributed by atoms with Crippen molar-refractivity contribution in [2.75, 3.05) is 13.2 Å². The molecule has 2 fully saturated rings. The first-order chi connectivity index (χ1) is 12.7. The molecule has 2 heterocycles. The largest absolute Gasteiger partial charge is 0.433 e. The van der Waals surface area contributed by atoms with Crippen molar-refractivity contribution in [1.82, 2.24) is 0 Å². The number of carbonyl (C=O) groups is 1. The van der Waals surface area contributed by atoms with Gasteiger partial charge in [-0.2, -0.15) is 0 Å². The van der Waals surface area contributed by atoms with Crippen molar-refractivity contribution in [1.29, 1.82) is 0 Å². The van der Waals surface area contributed by atoms with Gasteiger partial charge < -0.3 is 54.7 Å². The predicted molar refractivity (Wildman–Crippen MR) is 82.8 cm³/mol. The monoisotopic (exact) mass is 398 g/mol. The number of aliphatic hydroxyl groups is 7. The first-order valence-corrected chi connectivity index (χ1v) is 8.53. The molecule has 0 unspecified atom stereocenters. The summed E-state index contributed by atoms with van der Waals surface area (Å²) in [5.41, 5.74) is 0. The summed E-state index contributed by atoms with van der Waals surface area (Å²) in [5.74, 6) is -0.698. The van der Waals surface area contributed by atoms with Gasteiger partial charge in [-0.25, -0.2) is 0 Å². The highest BCUT2D eigenvalue weighted by molar-refractivity contribution is 5.69. The zero-order valence-corrected chi connectivity index (χ0v) is 14.6. The molecular formula is C15H26O12. The van der Waals surface area contributed by atoms with Gasteiger partial charge in [-0.1, -0.05) is 6.92 Å². The molecule has 10 atom stereocenters. The van der Waals surface area contributed by atoms with E-state index in [2.05, 4.69) is 0 Å². The van der Waals surface area contributed by atoms with Gasteiger partial charge in [0.1, 0.15) is 48.8 Å². The summed E-state index contributed by atoms with van der Waals surface area (Å²) >= 11 is 0. The zero-order valence-electron chi connectivity index (χ0n) is 14.6. The minimum absolute atomic E-state index is 0.00271. The van der Waals surface area contributed by atoms with Gasteiger partial charge in [0.05, 0.1) is 13.2 Å². The molecule has 158 valence electrons. The Hall–Kier alpha value is -0.930. The fraction of sp³-hybridized carbons (Fsp3) is 0.933. The van der Waals surface area contributed by atoms with Crippen LogP contribution in [0.3, 0.4) is 0 Å². The molecule has 2 aliphatic heterocycles. The third-order valence-corrected chi connectivity index (χ3v) is 4.50. The molecule has 0 aromatic rings. The third-order valence-electron chi connectivity index (χ3n) is 4.50. The van der Waals surface area contributed by atoms with Gasteiger partial charge in [0, 0.05) is 6.42 Å². The molecule has 0 aromatic heterocycles. The Morgan fingerprint density at radius 2 is 1.37 bits per heavy atom. The van der Waals surface area contributed by atoms with Gasteiger partial charge in [-0.05, 0) is 0 Å². The fourth-order valence-corrected chi connectivity index (χ4v) is 2.87. The highest BCUT2D eigenvalue weighted by Gasteiger charge is 2.51. The van der Waals surface area contributed by atoms with E-state index in [0.29, 0.717) is 0 Å². The second kappa shape index (κ2) is 9.52. The van der Waals surface area contributed by atoms with E-state index in [1.807, 2.05) is 0 Å². The molecule has 2 rings (SSSR count). The van der Waals surface area contributed by atoms with E-state index < -0.39 is 80.6 Å². The van der Waals surface area contributed by atoms with E-state index in [1.54, 1.807) is 0 Å². The molecule has 27 heavy (non-hydrogen) atoms. The maximum absolute atomic E-state index is 11.4. The Bertz CT molecular complexity index is 485. The number of hydrogen-bond donors (Lipinski definition) is 7. The van der Waals surface area contributed by atoms with Crippen LogP contribution in [0.5, 0.6) is 0 Å². The van der Waals surface area contributed by atoms with Gasteiger partial charge >= 0.3 is 5.97 Å². The van der Waals surface area contributed by atoms with E-state index >= 15 is 0 Å². The molecule has 0 spiro atoms. The molecule has 0 amide bonds. The van der Waals surface area contributed by atoms with Crippen molar-refractivity contribution in [3.63, 3.8) is 0 Å². The van der Waals surface area contributed by atoms with Crippen LogP contribution in [0.1, 0.15) is 13.3 Å². The molecule has 0 aliphatic carbocycles. The smallest absolute Gasteiger partial charge is 0.307 e. The van der Waals surface area contributed by atoms with E-state index in [9.17, 15) is 40.5 Å². The van der Waals surface area contributed by atoms with Crippen LogP contribution in [0.2, 0.25) is 0 Å². The van der Waals surface area contributed by atoms with Crippen LogP contribution >= 0.6 is 0 Å². The molecule has 0 saturated carbocycles. The zero-order chi connectivity index (χ0) is 20.3. The third kappa shape index (κ3) is 4.74. The summed E-state index contributed by atoms with van der Waals surface area (Å²) in [5, 5.41) is 68.6. The summed E-state index contributed by atoms with van der Waals surface area (Å²) in [6, 6.07) is 0. The SMILES string of the molecule is CCC(=O)O[C@@H]1O[C@H](CO)[C@@H](O[C@H]2O[C@H](CO)[C@@H](O)[C@H](O)[C@H]2O)[C@H](O)[C@H]1O. The van der Waals surface area contributed by atoms with Crippen molar-refractivity contribution in [2.45, 2.75) is 74.8 Å². The van der Waals surface area contributed by atoms with Crippen LogP contribution < -0.4 is 0 Å². The molecule has 0 radical (unpaired) electrons. The van der Waals surface area contributed by atoms with Gasteiger partial charge in [0.25, 0.3) is 0 Å². The van der Waals surface area contributed by atoms with Crippen molar-refractivity contribution < 1.29 is 59.5 Å². The molecule has 0 aromatic carbocycles. The Labute approximate surface area is 154 Å². The summed E-state index contributed by atoms with van der Waals surface area (Å²) in [6.07, 6.45) is -15.6. The number of hydrogen-bond acceptors (Lipinski definition) is 12. The van der Waals surface area contributed by atoms with E-state index in [0.717, 1.165) is 0 Å². The van der Waals surface area contributed by atoms with Crippen molar-refractivity contribution in [3.8, 4) is 0 Å². The topological polar surface area (TPSA) is 196 Å². The summed E-state index contributed by atoms with van der Waals surface area (Å²) in [6.45, 7) is 0.129. The highest BCUT2D eigenvalue weighted by Crippen LogP contribution is 2.29. The molecule has 12 nitrogen and oxygen atoms in total. The number of carbonyl (C=O) groups excluding carboxylic acids is 1. The lowest BCUT2D eigenvalue weighted by atomic mass is 9.97. The minimum Gasteiger partial charge on any atom is -0.433 e. The Kier molecular flexibility index (Phi) is 7.88. The normalized spacial score (nSPS) is 45.5. The lowest BCUT2D eigenvalue weighted by molar-refractivity contribution is -0.355. The van der Waals surface area contributed by atoms with Crippen LogP contribution in [-0.2, 0) is 23.7 Å². The summed E-state index contributed by atoms with van der Waals surface area (Å²) < 4.78 is 20.7. The number of aliphatic hydroxyl groups excluding tert-OH is 7. The minimum atomic E-state index is -1.75. The first kappa shape index (κ1) is 22.4. The number of esters is 1. The second-order valence-corrected chi connectivity index (χ2v) is 6.35. The van der Waals surface area contributed by atoms with Crippen LogP contribution in [0.4, 0.5) is 0 Å². The van der Waals surface area contributed by atoms with Gasteiger partial charge in [0.2, 0.25) is 6.29 Å². The lowest BCUT2D eigenvalue weighted by Gasteiger charge is -2.45. The second-order valence-electron chi connectivity index (χ2n) is 6.35. The van der Waals surface area contributed by atoms with Gasteiger partial charge in [-0.3, -0.25) is 4.79 Å². The van der Waals surface area contributed by atoms with Crippen molar-refractivity contribution in [2.24, 2.45) is 0 Å². The van der Waals surface area contributed by atoms with Crippen LogP contribution in [0.15, 0.2) is 0 Å². The van der Waals surface area contributed by atoms with Crippen LogP contribution in [0, 0.1) is 0 Å². The Morgan fingerprint density at radius 3 is 1.93 bits per heavy atom. The van der Waals surface area contributed by atoms with Crippen molar-refractivity contribution in [3.05, 3.63) is 0 Å². The average Bonchev–Trinajstić information content (AvgIpc) is 2.67.